The largest absolute Gasteiger partial charge is 0.283 e. The zero-order valence-corrected chi connectivity index (χ0v) is 13.3. The standard InChI is InChI=1S/C18H19N3O/c1-18(2,3)16(22)21(4)17-19-12-15(13-20-17)11-10-14-8-6-5-7-9-14/h5-9,12-13H,1-4H3. The molecule has 0 bridgehead atoms. The van der Waals surface area contributed by atoms with E-state index in [-0.39, 0.29) is 5.91 Å². The average molecular weight is 293 g/mol. The van der Waals surface area contributed by atoms with Crippen LogP contribution in [0, 0.1) is 17.3 Å². The zero-order valence-electron chi connectivity index (χ0n) is 13.3. The molecule has 2 rings (SSSR count). The topological polar surface area (TPSA) is 46.1 Å². The van der Waals surface area contributed by atoms with E-state index in [1.165, 1.54) is 4.90 Å². The minimum Gasteiger partial charge on any atom is -0.283 e. The van der Waals surface area contributed by atoms with Crippen molar-refractivity contribution in [3.8, 4) is 11.8 Å². The fourth-order valence-electron chi connectivity index (χ4n) is 1.82. The molecule has 0 atom stereocenters. The molecule has 0 radical (unpaired) electrons. The summed E-state index contributed by atoms with van der Waals surface area (Å²) < 4.78 is 0. The molecule has 0 fully saturated rings. The summed E-state index contributed by atoms with van der Waals surface area (Å²) in [5.74, 6) is 6.40. The molecular weight excluding hydrogens is 274 g/mol. The van der Waals surface area contributed by atoms with Crippen LogP contribution in [0.1, 0.15) is 31.9 Å². The number of aromatic nitrogens is 2. The fraction of sp³-hybridized carbons (Fsp3) is 0.278. The van der Waals surface area contributed by atoms with Crippen LogP contribution in [0.5, 0.6) is 0 Å². The van der Waals surface area contributed by atoms with Crippen molar-refractivity contribution >= 4 is 11.9 Å². The Morgan fingerprint density at radius 3 is 2.09 bits per heavy atom. The first kappa shape index (κ1) is 15.7. The molecule has 0 aliphatic rings. The molecule has 4 heteroatoms. The third-order valence-corrected chi connectivity index (χ3v) is 3.01. The summed E-state index contributed by atoms with van der Waals surface area (Å²) in [4.78, 5) is 22.1. The van der Waals surface area contributed by atoms with E-state index in [4.69, 9.17) is 0 Å². The zero-order chi connectivity index (χ0) is 16.2. The van der Waals surface area contributed by atoms with E-state index in [2.05, 4.69) is 21.8 Å². The number of nitrogens with zero attached hydrogens (tertiary/aromatic N) is 3. The van der Waals surface area contributed by atoms with E-state index in [9.17, 15) is 4.79 Å². The van der Waals surface area contributed by atoms with Crippen LogP contribution in [-0.2, 0) is 4.79 Å². The van der Waals surface area contributed by atoms with Crippen molar-refractivity contribution in [2.24, 2.45) is 5.41 Å². The van der Waals surface area contributed by atoms with Gasteiger partial charge in [-0.15, -0.1) is 0 Å². The van der Waals surface area contributed by atoms with Crippen LogP contribution in [0.25, 0.3) is 0 Å². The van der Waals surface area contributed by atoms with Crippen LogP contribution in [0.4, 0.5) is 5.95 Å². The lowest BCUT2D eigenvalue weighted by Gasteiger charge is -2.24. The van der Waals surface area contributed by atoms with Crippen LogP contribution in [0.3, 0.4) is 0 Å². The summed E-state index contributed by atoms with van der Waals surface area (Å²) in [5.41, 5.74) is 1.18. The first-order chi connectivity index (χ1) is 10.4. The van der Waals surface area contributed by atoms with Crippen molar-refractivity contribution in [3.05, 3.63) is 53.9 Å². The molecule has 2 aromatic rings. The van der Waals surface area contributed by atoms with Crippen LogP contribution < -0.4 is 4.90 Å². The molecule has 112 valence electrons. The first-order valence-corrected chi connectivity index (χ1v) is 7.05. The molecular formula is C18H19N3O. The molecule has 1 heterocycles. The molecule has 0 N–H and O–H groups in total. The number of rotatable bonds is 1. The fourth-order valence-corrected chi connectivity index (χ4v) is 1.82. The van der Waals surface area contributed by atoms with Crippen LogP contribution in [0.15, 0.2) is 42.7 Å². The van der Waals surface area contributed by atoms with Gasteiger partial charge in [0.2, 0.25) is 11.9 Å². The van der Waals surface area contributed by atoms with Gasteiger partial charge in [0.15, 0.2) is 0 Å². The predicted octanol–water partition coefficient (Wildman–Crippen LogP) is 2.89. The summed E-state index contributed by atoms with van der Waals surface area (Å²) in [6.45, 7) is 5.60. The minimum absolute atomic E-state index is 0.0318. The Balaban J connectivity index is 2.15. The molecule has 0 aliphatic carbocycles. The summed E-state index contributed by atoms with van der Waals surface area (Å²) in [7, 11) is 1.68. The van der Waals surface area contributed by atoms with Crippen molar-refractivity contribution < 1.29 is 4.79 Å². The van der Waals surface area contributed by atoms with Gasteiger partial charge in [0.05, 0.1) is 5.56 Å². The third-order valence-electron chi connectivity index (χ3n) is 3.01. The Morgan fingerprint density at radius 2 is 1.55 bits per heavy atom. The quantitative estimate of drug-likeness (QED) is 0.760. The smallest absolute Gasteiger partial charge is 0.234 e. The van der Waals surface area contributed by atoms with E-state index < -0.39 is 5.41 Å². The van der Waals surface area contributed by atoms with Gasteiger partial charge in [0, 0.05) is 30.4 Å². The lowest BCUT2D eigenvalue weighted by Crippen LogP contribution is -2.37. The molecule has 1 aromatic carbocycles. The molecule has 0 saturated heterocycles. The molecule has 1 aromatic heterocycles. The second-order valence-electron chi connectivity index (χ2n) is 6.00. The van der Waals surface area contributed by atoms with Gasteiger partial charge in [0.25, 0.3) is 0 Å². The summed E-state index contributed by atoms with van der Waals surface area (Å²) in [5, 5.41) is 0. The second kappa shape index (κ2) is 6.40. The first-order valence-electron chi connectivity index (χ1n) is 7.05. The summed E-state index contributed by atoms with van der Waals surface area (Å²) >= 11 is 0. The second-order valence-corrected chi connectivity index (χ2v) is 6.00. The molecule has 0 unspecified atom stereocenters. The molecule has 0 spiro atoms. The highest BCUT2D eigenvalue weighted by atomic mass is 16.2. The van der Waals surface area contributed by atoms with Crippen molar-refractivity contribution in [1.82, 2.24) is 9.97 Å². The van der Waals surface area contributed by atoms with Gasteiger partial charge in [-0.05, 0) is 12.1 Å². The van der Waals surface area contributed by atoms with E-state index >= 15 is 0 Å². The molecule has 0 saturated carbocycles. The van der Waals surface area contributed by atoms with Gasteiger partial charge < -0.3 is 0 Å². The number of hydrogen-bond acceptors (Lipinski definition) is 3. The Hall–Kier alpha value is -2.67. The highest BCUT2D eigenvalue weighted by Crippen LogP contribution is 2.19. The van der Waals surface area contributed by atoms with E-state index in [0.29, 0.717) is 11.5 Å². The van der Waals surface area contributed by atoms with Crippen molar-refractivity contribution in [2.75, 3.05) is 11.9 Å². The molecule has 0 aliphatic heterocycles. The van der Waals surface area contributed by atoms with Gasteiger partial charge in [-0.1, -0.05) is 50.8 Å². The predicted molar refractivity (Wildman–Crippen MR) is 87.3 cm³/mol. The molecule has 22 heavy (non-hydrogen) atoms. The number of hydrogen-bond donors (Lipinski definition) is 0. The Kier molecular flexibility index (Phi) is 4.57. The monoisotopic (exact) mass is 293 g/mol. The minimum atomic E-state index is -0.468. The maximum absolute atomic E-state index is 12.2. The van der Waals surface area contributed by atoms with E-state index in [1.807, 2.05) is 51.1 Å². The Bertz CT molecular complexity index is 704. The highest BCUT2D eigenvalue weighted by Gasteiger charge is 2.26. The van der Waals surface area contributed by atoms with E-state index in [0.717, 1.165) is 5.56 Å². The SMILES string of the molecule is CN(C(=O)C(C)(C)C)c1ncc(C#Cc2ccccc2)cn1. The third kappa shape index (κ3) is 3.92. The number of amides is 1. The van der Waals surface area contributed by atoms with Crippen molar-refractivity contribution in [2.45, 2.75) is 20.8 Å². The number of carbonyl (C=O) groups excluding carboxylic acids is 1. The number of benzene rings is 1. The van der Waals surface area contributed by atoms with Gasteiger partial charge in [-0.2, -0.15) is 0 Å². The summed E-state index contributed by atoms with van der Waals surface area (Å²) in [6.07, 6.45) is 3.26. The van der Waals surface area contributed by atoms with Crippen LogP contribution in [-0.4, -0.2) is 22.9 Å². The number of carbonyl (C=O) groups is 1. The molecule has 4 nitrogen and oxygen atoms in total. The number of anilines is 1. The maximum Gasteiger partial charge on any atom is 0.234 e. The normalized spacial score (nSPS) is 10.5. The summed E-state index contributed by atoms with van der Waals surface area (Å²) in [6, 6.07) is 9.72. The van der Waals surface area contributed by atoms with Crippen LogP contribution in [0.2, 0.25) is 0 Å². The van der Waals surface area contributed by atoms with E-state index in [1.54, 1.807) is 19.4 Å². The van der Waals surface area contributed by atoms with Gasteiger partial charge in [-0.25, -0.2) is 9.97 Å². The van der Waals surface area contributed by atoms with Gasteiger partial charge >= 0.3 is 0 Å². The Morgan fingerprint density at radius 1 is 1.00 bits per heavy atom. The van der Waals surface area contributed by atoms with Crippen molar-refractivity contribution in [1.29, 1.82) is 0 Å². The highest BCUT2D eigenvalue weighted by molar-refractivity contribution is 5.94. The van der Waals surface area contributed by atoms with Gasteiger partial charge in [0.1, 0.15) is 0 Å². The molecule has 1 amide bonds. The lowest BCUT2D eigenvalue weighted by atomic mass is 9.95. The van der Waals surface area contributed by atoms with Gasteiger partial charge in [-0.3, -0.25) is 9.69 Å². The maximum atomic E-state index is 12.2. The Labute approximate surface area is 131 Å². The van der Waals surface area contributed by atoms with Crippen molar-refractivity contribution in [3.63, 3.8) is 0 Å². The average Bonchev–Trinajstić information content (AvgIpc) is 2.52. The lowest BCUT2D eigenvalue weighted by molar-refractivity contribution is -0.125. The van der Waals surface area contributed by atoms with Crippen LogP contribution >= 0.6 is 0 Å².